The Labute approximate surface area is 42.5 Å². The van der Waals surface area contributed by atoms with Crippen molar-refractivity contribution in [2.75, 3.05) is 11.5 Å². The Morgan fingerprint density at radius 2 is 2.33 bits per heavy atom. The van der Waals surface area contributed by atoms with E-state index in [9.17, 15) is 0 Å². The first-order valence-corrected chi connectivity index (χ1v) is 3.29. The lowest BCUT2D eigenvalue weighted by Gasteiger charge is -2.23. The van der Waals surface area contributed by atoms with Gasteiger partial charge in [0.15, 0.2) is 0 Å². The van der Waals surface area contributed by atoms with E-state index in [2.05, 4.69) is 7.05 Å². The van der Waals surface area contributed by atoms with Crippen LogP contribution in [0, 0.1) is 7.05 Å². The van der Waals surface area contributed by atoms with Gasteiger partial charge in [-0.3, -0.25) is 0 Å². The van der Waals surface area contributed by atoms with Crippen molar-refractivity contribution in [2.45, 2.75) is 6.04 Å². The van der Waals surface area contributed by atoms with Crippen molar-refractivity contribution >= 4 is 11.8 Å². The average molecular weight is 103 g/mol. The molecule has 0 aromatic carbocycles. The Balaban J connectivity index is 2.01. The summed E-state index contributed by atoms with van der Waals surface area (Å²) in [6.45, 7) is 0. The molecular formula is C4H9NS. The zero-order valence-corrected chi connectivity index (χ0v) is 4.50. The van der Waals surface area contributed by atoms with Gasteiger partial charge in [-0.15, -0.1) is 11.8 Å². The van der Waals surface area contributed by atoms with E-state index in [1.807, 2.05) is 17.1 Å². The molecule has 6 heavy (non-hydrogen) atoms. The van der Waals surface area contributed by atoms with Crippen molar-refractivity contribution in [1.29, 1.82) is 0 Å². The van der Waals surface area contributed by atoms with Crippen molar-refractivity contribution in [1.82, 2.24) is 0 Å². The van der Waals surface area contributed by atoms with Crippen LogP contribution in [0.25, 0.3) is 0 Å². The second-order valence-corrected chi connectivity index (χ2v) is 2.61. The molecule has 36 valence electrons. The fraction of sp³-hybridized carbons (Fsp3) is 0.750. The van der Waals surface area contributed by atoms with Crippen LogP contribution in [0.4, 0.5) is 0 Å². The molecule has 0 aromatic rings. The Morgan fingerprint density at radius 3 is 2.33 bits per heavy atom. The van der Waals surface area contributed by atoms with Gasteiger partial charge in [-0.25, -0.2) is 0 Å². The molecule has 1 nitrogen and oxygen atoms in total. The van der Waals surface area contributed by atoms with E-state index < -0.39 is 0 Å². The van der Waals surface area contributed by atoms with E-state index in [0.29, 0.717) is 0 Å². The SMILES string of the molecule is [CH2-][NH2+]C1CSC1. The first kappa shape index (κ1) is 4.47. The van der Waals surface area contributed by atoms with Crippen molar-refractivity contribution in [2.24, 2.45) is 0 Å². The third-order valence-corrected chi connectivity index (χ3v) is 2.32. The number of rotatable bonds is 1. The van der Waals surface area contributed by atoms with Crippen LogP contribution in [0.1, 0.15) is 0 Å². The molecule has 1 fully saturated rings. The number of quaternary nitrogens is 1. The zero-order valence-electron chi connectivity index (χ0n) is 3.68. The minimum absolute atomic E-state index is 0.843. The minimum atomic E-state index is 0.843. The molecule has 1 rings (SSSR count). The topological polar surface area (TPSA) is 16.6 Å². The highest BCUT2D eigenvalue weighted by Crippen LogP contribution is 2.13. The summed E-state index contributed by atoms with van der Waals surface area (Å²) in [5.41, 5.74) is 0. The molecule has 0 atom stereocenters. The Morgan fingerprint density at radius 1 is 1.67 bits per heavy atom. The molecule has 0 aliphatic carbocycles. The van der Waals surface area contributed by atoms with Gasteiger partial charge in [0.05, 0.1) is 6.04 Å². The summed E-state index contributed by atoms with van der Waals surface area (Å²) < 4.78 is 0. The molecule has 2 N–H and O–H groups in total. The normalized spacial score (nSPS) is 23.5. The maximum absolute atomic E-state index is 3.67. The van der Waals surface area contributed by atoms with Crippen molar-refractivity contribution in [3.63, 3.8) is 0 Å². The van der Waals surface area contributed by atoms with Crippen LogP contribution in [-0.2, 0) is 0 Å². The van der Waals surface area contributed by atoms with Gasteiger partial charge in [-0.1, -0.05) is 0 Å². The van der Waals surface area contributed by atoms with E-state index in [1.54, 1.807) is 0 Å². The molecule has 0 spiro atoms. The smallest absolute Gasteiger partial charge is 0.0803 e. The van der Waals surface area contributed by atoms with Crippen molar-refractivity contribution < 1.29 is 5.32 Å². The van der Waals surface area contributed by atoms with Gasteiger partial charge in [-0.05, 0) is 0 Å². The molecule has 2 heteroatoms. The molecule has 0 amide bonds. The van der Waals surface area contributed by atoms with Crippen LogP contribution in [0.5, 0.6) is 0 Å². The highest BCUT2D eigenvalue weighted by Gasteiger charge is 2.15. The van der Waals surface area contributed by atoms with Crippen LogP contribution in [0.15, 0.2) is 0 Å². The largest absolute Gasteiger partial charge is 0.475 e. The maximum atomic E-state index is 3.67. The summed E-state index contributed by atoms with van der Waals surface area (Å²) in [5, 5.41) is 2.04. The molecule has 0 aromatic heterocycles. The second-order valence-electron chi connectivity index (χ2n) is 1.53. The highest BCUT2D eigenvalue weighted by molar-refractivity contribution is 8.00. The van der Waals surface area contributed by atoms with Gasteiger partial charge in [0.1, 0.15) is 0 Å². The molecule has 1 saturated heterocycles. The van der Waals surface area contributed by atoms with Crippen molar-refractivity contribution in [3.05, 3.63) is 7.05 Å². The van der Waals surface area contributed by atoms with Gasteiger partial charge >= 0.3 is 0 Å². The first-order valence-electron chi connectivity index (χ1n) is 2.14. The lowest BCUT2D eigenvalue weighted by atomic mass is 10.4. The quantitative estimate of drug-likeness (QED) is 0.441. The van der Waals surface area contributed by atoms with Crippen molar-refractivity contribution in [3.8, 4) is 0 Å². The number of nitrogens with two attached hydrogens (primary N) is 1. The van der Waals surface area contributed by atoms with Gasteiger partial charge in [0, 0.05) is 11.5 Å². The van der Waals surface area contributed by atoms with E-state index >= 15 is 0 Å². The zero-order chi connectivity index (χ0) is 4.41. The van der Waals surface area contributed by atoms with Crippen LogP contribution >= 0.6 is 11.8 Å². The van der Waals surface area contributed by atoms with Crippen LogP contribution in [0.2, 0.25) is 0 Å². The minimum Gasteiger partial charge on any atom is -0.475 e. The molecule has 1 aliphatic heterocycles. The first-order chi connectivity index (χ1) is 2.93. The Kier molecular flexibility index (Phi) is 1.37. The maximum Gasteiger partial charge on any atom is 0.0803 e. The number of thioether (sulfide) groups is 1. The fourth-order valence-electron chi connectivity index (χ4n) is 0.390. The summed E-state index contributed by atoms with van der Waals surface area (Å²) in [4.78, 5) is 0. The van der Waals surface area contributed by atoms with E-state index in [-0.39, 0.29) is 0 Å². The lowest BCUT2D eigenvalue weighted by Crippen LogP contribution is -2.87. The number of hydrogen-bond acceptors (Lipinski definition) is 1. The van der Waals surface area contributed by atoms with Crippen LogP contribution in [0.3, 0.4) is 0 Å². The molecule has 0 bridgehead atoms. The van der Waals surface area contributed by atoms with Gasteiger partial charge in [0.2, 0.25) is 0 Å². The highest BCUT2D eigenvalue weighted by atomic mass is 32.2. The summed E-state index contributed by atoms with van der Waals surface area (Å²) >= 11 is 2.00. The monoisotopic (exact) mass is 103 g/mol. The third kappa shape index (κ3) is 0.684. The molecule has 0 saturated carbocycles. The van der Waals surface area contributed by atoms with E-state index in [4.69, 9.17) is 0 Å². The summed E-state index contributed by atoms with van der Waals surface area (Å²) in [5.74, 6) is 2.62. The van der Waals surface area contributed by atoms with E-state index in [1.165, 1.54) is 11.5 Å². The predicted molar refractivity (Wildman–Crippen MR) is 28.4 cm³/mol. The lowest BCUT2D eigenvalue weighted by molar-refractivity contribution is -0.626. The second kappa shape index (κ2) is 1.85. The summed E-state index contributed by atoms with van der Waals surface area (Å²) in [6.07, 6.45) is 0. The standard InChI is InChI=1S/C4H9NS/c1-5-4-2-6-3-4/h4H,1-3,5H2. The molecule has 0 radical (unpaired) electrons. The average Bonchev–Trinajstić information content (AvgIpc) is 1.31. The molecular weight excluding hydrogens is 94.1 g/mol. The van der Waals surface area contributed by atoms with Gasteiger partial charge in [-0.2, -0.15) is 7.05 Å². The van der Waals surface area contributed by atoms with Gasteiger partial charge in [0.25, 0.3) is 0 Å². The Hall–Kier alpha value is 0.310. The van der Waals surface area contributed by atoms with Crippen LogP contribution < -0.4 is 5.32 Å². The summed E-state index contributed by atoms with van der Waals surface area (Å²) in [7, 11) is 3.67. The number of hydrogen-bond donors (Lipinski definition) is 1. The van der Waals surface area contributed by atoms with Crippen LogP contribution in [-0.4, -0.2) is 17.5 Å². The fourth-order valence-corrected chi connectivity index (χ4v) is 1.17. The molecule has 1 heterocycles. The predicted octanol–water partition coefficient (Wildman–Crippen LogP) is -0.543. The molecule has 1 aliphatic rings. The van der Waals surface area contributed by atoms with E-state index in [0.717, 1.165) is 6.04 Å². The Bertz CT molecular complexity index is 40.1. The summed E-state index contributed by atoms with van der Waals surface area (Å²) in [6, 6.07) is 0.843. The molecule has 0 unspecified atom stereocenters. The van der Waals surface area contributed by atoms with Gasteiger partial charge < -0.3 is 5.32 Å². The third-order valence-electron chi connectivity index (χ3n) is 0.997.